The molecule has 4 heteroatoms. The third kappa shape index (κ3) is 4.97. The number of hydrogen-bond donors (Lipinski definition) is 3. The molecular weight excluding hydrogens is 386 g/mol. The fourth-order valence-electron chi connectivity index (χ4n) is 5.30. The number of primary amides is 1. The molecule has 162 valence electrons. The monoisotopic (exact) mass is 417 g/mol. The molecule has 0 spiro atoms. The van der Waals surface area contributed by atoms with E-state index in [1.807, 2.05) is 55.5 Å². The summed E-state index contributed by atoms with van der Waals surface area (Å²) < 4.78 is 0. The van der Waals surface area contributed by atoms with E-state index in [0.717, 1.165) is 24.0 Å². The topological polar surface area (TPSA) is 83.5 Å². The summed E-state index contributed by atoms with van der Waals surface area (Å²) in [5, 5.41) is 21.1. The van der Waals surface area contributed by atoms with Crippen LogP contribution in [0.15, 0.2) is 72.3 Å². The summed E-state index contributed by atoms with van der Waals surface area (Å²) in [7, 11) is 0. The van der Waals surface area contributed by atoms with Crippen molar-refractivity contribution in [2.45, 2.75) is 44.8 Å². The van der Waals surface area contributed by atoms with E-state index in [9.17, 15) is 15.0 Å². The first kappa shape index (κ1) is 21.5. The number of amides is 1. The van der Waals surface area contributed by atoms with Crippen LogP contribution < -0.4 is 5.73 Å². The molecule has 4 rings (SSSR count). The SMILES string of the molecule is Cc1cccc(C[C@@H](O)/C=C/[C@@H]2[C@H]3CC(Cc4ccccc4C(N)=O)=C[C@H]3C[C@H]2O)c1. The van der Waals surface area contributed by atoms with Crippen molar-refractivity contribution in [1.82, 2.24) is 0 Å². The number of aliphatic hydroxyl groups excluding tert-OH is 2. The summed E-state index contributed by atoms with van der Waals surface area (Å²) in [6, 6.07) is 15.7. The summed E-state index contributed by atoms with van der Waals surface area (Å²) in [4.78, 5) is 11.7. The first-order chi connectivity index (χ1) is 14.9. The number of rotatable bonds is 7. The normalized spacial score (nSPS) is 26.1. The molecule has 1 amide bonds. The Morgan fingerprint density at radius 1 is 1.23 bits per heavy atom. The van der Waals surface area contributed by atoms with Gasteiger partial charge in [0.15, 0.2) is 0 Å². The van der Waals surface area contributed by atoms with Crippen LogP contribution >= 0.6 is 0 Å². The molecule has 0 unspecified atom stereocenters. The highest BCUT2D eigenvalue weighted by molar-refractivity contribution is 5.94. The third-order valence-corrected chi connectivity index (χ3v) is 6.73. The van der Waals surface area contributed by atoms with Crippen molar-refractivity contribution in [3.8, 4) is 0 Å². The van der Waals surface area contributed by atoms with Crippen LogP contribution in [0.4, 0.5) is 0 Å². The number of carbonyl (C=O) groups excluding carboxylic acids is 1. The number of aryl methyl sites for hydroxylation is 1. The molecule has 0 radical (unpaired) electrons. The lowest BCUT2D eigenvalue weighted by molar-refractivity contribution is 0.0999. The van der Waals surface area contributed by atoms with Crippen LogP contribution in [0.5, 0.6) is 0 Å². The van der Waals surface area contributed by atoms with Gasteiger partial charge in [0.2, 0.25) is 5.91 Å². The van der Waals surface area contributed by atoms with Crippen molar-refractivity contribution in [3.05, 3.63) is 94.6 Å². The molecule has 1 fully saturated rings. The van der Waals surface area contributed by atoms with Crippen LogP contribution in [-0.2, 0) is 12.8 Å². The maximum Gasteiger partial charge on any atom is 0.248 e. The Balaban J connectivity index is 1.40. The zero-order chi connectivity index (χ0) is 22.0. The lowest BCUT2D eigenvalue weighted by atomic mass is 9.88. The zero-order valence-corrected chi connectivity index (χ0v) is 17.9. The van der Waals surface area contributed by atoms with E-state index in [4.69, 9.17) is 5.73 Å². The van der Waals surface area contributed by atoms with Gasteiger partial charge in [-0.05, 0) is 55.2 Å². The number of fused-ring (bicyclic) bond motifs is 1. The van der Waals surface area contributed by atoms with Crippen molar-refractivity contribution in [2.75, 3.05) is 0 Å². The summed E-state index contributed by atoms with van der Waals surface area (Å²) in [6.45, 7) is 2.05. The summed E-state index contributed by atoms with van der Waals surface area (Å²) in [5.74, 6) is 0.327. The van der Waals surface area contributed by atoms with Crippen LogP contribution in [0, 0.1) is 24.7 Å². The Labute approximate surface area is 184 Å². The van der Waals surface area contributed by atoms with Gasteiger partial charge in [-0.15, -0.1) is 0 Å². The van der Waals surface area contributed by atoms with Crippen molar-refractivity contribution >= 4 is 5.91 Å². The van der Waals surface area contributed by atoms with Gasteiger partial charge in [0.05, 0.1) is 12.2 Å². The Morgan fingerprint density at radius 3 is 2.81 bits per heavy atom. The van der Waals surface area contributed by atoms with Gasteiger partial charge in [0.1, 0.15) is 0 Å². The average molecular weight is 418 g/mol. The van der Waals surface area contributed by atoms with Gasteiger partial charge < -0.3 is 15.9 Å². The van der Waals surface area contributed by atoms with Gasteiger partial charge in [0, 0.05) is 17.9 Å². The maximum absolute atomic E-state index is 11.7. The van der Waals surface area contributed by atoms with Gasteiger partial charge in [-0.3, -0.25) is 4.79 Å². The van der Waals surface area contributed by atoms with E-state index in [0.29, 0.717) is 30.2 Å². The highest BCUT2D eigenvalue weighted by atomic mass is 16.3. The number of aliphatic hydroxyl groups is 2. The molecule has 0 aromatic heterocycles. The van der Waals surface area contributed by atoms with Crippen LogP contribution in [-0.4, -0.2) is 28.3 Å². The first-order valence-electron chi connectivity index (χ1n) is 11.1. The molecule has 2 aliphatic rings. The molecule has 4 N–H and O–H groups in total. The summed E-state index contributed by atoms with van der Waals surface area (Å²) in [5.41, 5.74) is 10.7. The predicted octanol–water partition coefficient (Wildman–Crippen LogP) is 3.74. The van der Waals surface area contributed by atoms with Gasteiger partial charge in [-0.2, -0.15) is 0 Å². The second-order valence-electron chi connectivity index (χ2n) is 9.08. The minimum Gasteiger partial charge on any atom is -0.392 e. The average Bonchev–Trinajstić information content (AvgIpc) is 3.22. The number of nitrogens with two attached hydrogens (primary N) is 1. The standard InChI is InChI=1S/C27H31NO3/c1-17-5-4-6-18(11-17)14-22(29)9-10-24-25-15-19(13-21(25)16-26(24)30)12-20-7-2-3-8-23(20)27(28)31/h2-11,13,21-22,24-26,29-30H,12,14-16H2,1H3,(H2,28,31)/b10-9+/t21-,22-,24+,25-,26+/m0/s1. The maximum atomic E-state index is 11.7. The van der Waals surface area contributed by atoms with Gasteiger partial charge in [0.25, 0.3) is 0 Å². The molecule has 4 nitrogen and oxygen atoms in total. The molecular formula is C27H31NO3. The minimum absolute atomic E-state index is 0.0392. The molecule has 1 saturated carbocycles. The van der Waals surface area contributed by atoms with E-state index in [-0.39, 0.29) is 12.0 Å². The fraction of sp³-hybridized carbons (Fsp3) is 0.370. The van der Waals surface area contributed by atoms with E-state index in [2.05, 4.69) is 12.1 Å². The third-order valence-electron chi connectivity index (χ3n) is 6.73. The minimum atomic E-state index is -0.565. The molecule has 0 aliphatic heterocycles. The predicted molar refractivity (Wildman–Crippen MR) is 122 cm³/mol. The van der Waals surface area contributed by atoms with E-state index in [1.165, 1.54) is 11.1 Å². The van der Waals surface area contributed by atoms with Gasteiger partial charge in [-0.25, -0.2) is 0 Å². The number of benzene rings is 2. The highest BCUT2D eigenvalue weighted by Crippen LogP contribution is 2.48. The Morgan fingerprint density at radius 2 is 2.03 bits per heavy atom. The van der Waals surface area contributed by atoms with Crippen molar-refractivity contribution in [3.63, 3.8) is 0 Å². The fourth-order valence-corrected chi connectivity index (χ4v) is 5.30. The number of allylic oxidation sites excluding steroid dienone is 2. The van der Waals surface area contributed by atoms with E-state index < -0.39 is 12.0 Å². The van der Waals surface area contributed by atoms with Crippen LogP contribution in [0.1, 0.15) is 39.9 Å². The summed E-state index contributed by atoms with van der Waals surface area (Å²) >= 11 is 0. The number of carbonyl (C=O) groups is 1. The molecule has 5 atom stereocenters. The zero-order valence-electron chi connectivity index (χ0n) is 17.9. The number of hydrogen-bond acceptors (Lipinski definition) is 3. The van der Waals surface area contributed by atoms with Gasteiger partial charge in [-0.1, -0.05) is 71.8 Å². The van der Waals surface area contributed by atoms with Gasteiger partial charge >= 0.3 is 0 Å². The molecule has 2 aromatic carbocycles. The van der Waals surface area contributed by atoms with E-state index in [1.54, 1.807) is 6.07 Å². The molecule has 2 aliphatic carbocycles. The first-order valence-corrected chi connectivity index (χ1v) is 11.1. The van der Waals surface area contributed by atoms with E-state index >= 15 is 0 Å². The second-order valence-corrected chi connectivity index (χ2v) is 9.08. The van der Waals surface area contributed by atoms with Crippen LogP contribution in [0.3, 0.4) is 0 Å². The van der Waals surface area contributed by atoms with Crippen molar-refractivity contribution < 1.29 is 15.0 Å². The van der Waals surface area contributed by atoms with Crippen molar-refractivity contribution in [1.29, 1.82) is 0 Å². The Hall–Kier alpha value is -2.69. The molecule has 0 heterocycles. The lowest BCUT2D eigenvalue weighted by Gasteiger charge is -2.19. The molecule has 0 saturated heterocycles. The van der Waals surface area contributed by atoms with Crippen LogP contribution in [0.25, 0.3) is 0 Å². The molecule has 31 heavy (non-hydrogen) atoms. The second kappa shape index (κ2) is 9.21. The lowest BCUT2D eigenvalue weighted by Crippen LogP contribution is -2.18. The molecule has 0 bridgehead atoms. The summed E-state index contributed by atoms with van der Waals surface area (Å²) in [6.07, 6.45) is 8.13. The Bertz CT molecular complexity index is 1010. The van der Waals surface area contributed by atoms with Crippen molar-refractivity contribution in [2.24, 2.45) is 23.5 Å². The smallest absolute Gasteiger partial charge is 0.248 e. The van der Waals surface area contributed by atoms with Crippen LogP contribution in [0.2, 0.25) is 0 Å². The highest BCUT2D eigenvalue weighted by Gasteiger charge is 2.43. The molecule has 2 aromatic rings. The quantitative estimate of drug-likeness (QED) is 0.600. The largest absolute Gasteiger partial charge is 0.392 e. The Kier molecular flexibility index (Phi) is 6.40.